The van der Waals surface area contributed by atoms with Crippen molar-refractivity contribution in [1.29, 1.82) is 0 Å². The van der Waals surface area contributed by atoms with Crippen molar-refractivity contribution in [1.82, 2.24) is 9.55 Å². The van der Waals surface area contributed by atoms with E-state index in [1.165, 1.54) is 23.9 Å². The molecule has 5 nitrogen and oxygen atoms in total. The third-order valence-corrected chi connectivity index (χ3v) is 8.38. The Morgan fingerprint density at radius 1 is 1.10 bits per heavy atom. The lowest BCUT2D eigenvalue weighted by atomic mass is 9.71. The number of aryl methyl sites for hydroxylation is 2. The zero-order valence-corrected chi connectivity index (χ0v) is 22.7. The molecule has 202 valence electrons. The largest absolute Gasteiger partial charge is 0.496 e. The molecule has 0 spiro atoms. The number of carbonyl (C=O) groups excluding carboxylic acids is 1. The van der Waals surface area contributed by atoms with E-state index in [1.807, 2.05) is 17.6 Å². The monoisotopic (exact) mass is 551 g/mol. The van der Waals surface area contributed by atoms with Gasteiger partial charge in [0, 0.05) is 28.0 Å². The normalized spacial score (nSPS) is 16.7. The number of carbonyl (C=O) groups is 1. The molecular weight excluding hydrogens is 523 g/mol. The molecule has 1 aliphatic rings. The van der Waals surface area contributed by atoms with E-state index in [9.17, 15) is 18.0 Å². The Morgan fingerprint density at radius 2 is 1.79 bits per heavy atom. The molecule has 1 amide bonds. The topological polar surface area (TPSA) is 70.1 Å². The number of imidazole rings is 1. The number of nitrogens with two attached hydrogens (primary N) is 1. The number of benzene rings is 3. The first-order valence-electron chi connectivity index (χ1n) is 12.6. The van der Waals surface area contributed by atoms with E-state index < -0.39 is 23.0 Å². The van der Waals surface area contributed by atoms with Gasteiger partial charge < -0.3 is 10.5 Å². The van der Waals surface area contributed by atoms with Crippen molar-refractivity contribution >= 4 is 17.7 Å². The molecule has 0 saturated heterocycles. The van der Waals surface area contributed by atoms with Gasteiger partial charge in [0.2, 0.25) is 5.91 Å². The number of rotatable bonds is 7. The Kier molecular flexibility index (Phi) is 7.20. The maximum atomic E-state index is 14.8. The molecule has 3 aromatic carbocycles. The van der Waals surface area contributed by atoms with Crippen molar-refractivity contribution in [2.45, 2.75) is 49.4 Å². The molecule has 0 aliphatic heterocycles. The molecule has 0 saturated carbocycles. The molecule has 2 N–H and O–H groups in total. The minimum Gasteiger partial charge on any atom is -0.496 e. The Hall–Kier alpha value is -3.72. The number of primary amides is 1. The molecule has 1 atom stereocenters. The summed E-state index contributed by atoms with van der Waals surface area (Å²) in [5.74, 6) is -2.23. The van der Waals surface area contributed by atoms with Crippen LogP contribution in [0.2, 0.25) is 0 Å². The van der Waals surface area contributed by atoms with Crippen LogP contribution in [0, 0.1) is 24.4 Å². The van der Waals surface area contributed by atoms with Crippen LogP contribution in [0.1, 0.15) is 58.2 Å². The maximum Gasteiger partial charge on any atom is 0.248 e. The number of methoxy groups -OCH3 is 1. The third kappa shape index (κ3) is 4.91. The van der Waals surface area contributed by atoms with Crippen LogP contribution in [0.3, 0.4) is 0 Å². The Morgan fingerprint density at radius 3 is 2.41 bits per heavy atom. The molecule has 9 heteroatoms. The van der Waals surface area contributed by atoms with Gasteiger partial charge in [-0.25, -0.2) is 18.2 Å². The van der Waals surface area contributed by atoms with Crippen molar-refractivity contribution in [2.75, 3.05) is 7.11 Å². The van der Waals surface area contributed by atoms with Crippen molar-refractivity contribution in [3.8, 4) is 11.4 Å². The first kappa shape index (κ1) is 26.9. The Balaban J connectivity index is 1.63. The van der Waals surface area contributed by atoms with E-state index in [-0.39, 0.29) is 22.7 Å². The summed E-state index contributed by atoms with van der Waals surface area (Å²) in [6, 6.07) is 14.2. The van der Waals surface area contributed by atoms with E-state index in [4.69, 9.17) is 15.5 Å². The van der Waals surface area contributed by atoms with Crippen LogP contribution in [0.4, 0.5) is 13.2 Å². The first-order chi connectivity index (χ1) is 18.6. The minimum atomic E-state index is -0.903. The van der Waals surface area contributed by atoms with Gasteiger partial charge >= 0.3 is 0 Å². The smallest absolute Gasteiger partial charge is 0.248 e. The average molecular weight is 552 g/mol. The van der Waals surface area contributed by atoms with Gasteiger partial charge in [-0.2, -0.15) is 0 Å². The minimum absolute atomic E-state index is 0.0633. The number of thioether (sulfide) groups is 1. The van der Waals surface area contributed by atoms with Crippen LogP contribution in [0.25, 0.3) is 5.69 Å². The molecule has 0 bridgehead atoms. The fraction of sp³-hybridized carbons (Fsp3) is 0.267. The lowest BCUT2D eigenvalue weighted by molar-refractivity contribution is 0.0999. The van der Waals surface area contributed by atoms with Crippen molar-refractivity contribution in [2.24, 2.45) is 5.73 Å². The standard InChI is InChI=1S/C30H28F3N3O2S/c1-17-13-19(6-11-26(17)38-3)30(2)12-4-5-25-27(30)36(21-9-7-20(31)8-10-21)29(35-25)39-16-22-23(32)14-18(28(34)37)15-24(22)33/h6-11,13-15H,4-5,12,16H2,1-3H3,(H2,34,37). The van der Waals surface area contributed by atoms with Crippen LogP contribution >= 0.6 is 11.8 Å². The van der Waals surface area contributed by atoms with E-state index in [0.717, 1.165) is 59.7 Å². The second-order valence-electron chi connectivity index (χ2n) is 9.94. The van der Waals surface area contributed by atoms with Gasteiger partial charge in [0.15, 0.2) is 5.16 Å². The highest BCUT2D eigenvalue weighted by atomic mass is 32.2. The number of fused-ring (bicyclic) bond motifs is 1. The molecule has 4 aromatic rings. The highest BCUT2D eigenvalue weighted by Gasteiger charge is 2.39. The molecule has 0 radical (unpaired) electrons. The summed E-state index contributed by atoms with van der Waals surface area (Å²) in [5.41, 5.74) is 9.04. The highest BCUT2D eigenvalue weighted by Crippen LogP contribution is 2.46. The molecule has 39 heavy (non-hydrogen) atoms. The average Bonchev–Trinajstić information content (AvgIpc) is 3.28. The summed E-state index contributed by atoms with van der Waals surface area (Å²) < 4.78 is 50.9. The van der Waals surface area contributed by atoms with Gasteiger partial charge in [0.1, 0.15) is 23.2 Å². The number of hydrogen-bond acceptors (Lipinski definition) is 4. The lowest BCUT2D eigenvalue weighted by Crippen LogP contribution is -2.31. The summed E-state index contributed by atoms with van der Waals surface area (Å²) in [6.07, 6.45) is 2.52. The first-order valence-corrected chi connectivity index (χ1v) is 13.5. The fourth-order valence-corrected chi connectivity index (χ4v) is 6.41. The lowest BCUT2D eigenvalue weighted by Gasteiger charge is -2.36. The van der Waals surface area contributed by atoms with E-state index in [0.29, 0.717) is 10.8 Å². The van der Waals surface area contributed by atoms with Crippen molar-refractivity contribution in [3.63, 3.8) is 0 Å². The number of nitrogens with zero attached hydrogens (tertiary/aromatic N) is 2. The zero-order chi connectivity index (χ0) is 27.9. The summed E-state index contributed by atoms with van der Waals surface area (Å²) in [7, 11) is 1.64. The number of aromatic nitrogens is 2. The Labute approximate surface area is 229 Å². The summed E-state index contributed by atoms with van der Waals surface area (Å²) in [5, 5.41) is 0.544. The predicted molar refractivity (Wildman–Crippen MR) is 145 cm³/mol. The molecule has 1 unspecified atom stereocenters. The fourth-order valence-electron chi connectivity index (χ4n) is 5.36. The van der Waals surface area contributed by atoms with Crippen molar-refractivity contribution < 1.29 is 22.7 Å². The van der Waals surface area contributed by atoms with Crippen LogP contribution in [0.15, 0.2) is 59.8 Å². The van der Waals surface area contributed by atoms with Gasteiger partial charge in [-0.1, -0.05) is 23.9 Å². The number of ether oxygens (including phenoxy) is 1. The SMILES string of the molecule is COc1ccc(C2(C)CCCc3nc(SCc4c(F)cc(C(N)=O)cc4F)n(-c4ccc(F)cc4)c32)cc1C. The summed E-state index contributed by atoms with van der Waals surface area (Å²) >= 11 is 1.18. The molecule has 1 heterocycles. The predicted octanol–water partition coefficient (Wildman–Crippen LogP) is 6.64. The quantitative estimate of drug-likeness (QED) is 0.262. The summed E-state index contributed by atoms with van der Waals surface area (Å²) in [4.78, 5) is 16.3. The van der Waals surface area contributed by atoms with E-state index >= 15 is 0 Å². The number of amides is 1. The number of halogens is 3. The number of hydrogen-bond donors (Lipinski definition) is 1. The molecule has 0 fully saturated rings. The van der Waals surface area contributed by atoms with E-state index in [2.05, 4.69) is 19.1 Å². The van der Waals surface area contributed by atoms with Gasteiger partial charge in [-0.05, 0) is 86.7 Å². The van der Waals surface area contributed by atoms with Gasteiger partial charge in [-0.3, -0.25) is 9.36 Å². The summed E-state index contributed by atoms with van der Waals surface area (Å²) in [6.45, 7) is 4.17. The van der Waals surface area contributed by atoms with Gasteiger partial charge in [0.05, 0.1) is 18.5 Å². The van der Waals surface area contributed by atoms with Crippen LogP contribution < -0.4 is 10.5 Å². The Bertz CT molecular complexity index is 1550. The molecule has 5 rings (SSSR count). The van der Waals surface area contributed by atoms with Crippen LogP contribution in [-0.4, -0.2) is 22.6 Å². The zero-order valence-electron chi connectivity index (χ0n) is 21.9. The van der Waals surface area contributed by atoms with E-state index in [1.54, 1.807) is 19.2 Å². The second-order valence-corrected chi connectivity index (χ2v) is 10.9. The molecule has 1 aromatic heterocycles. The van der Waals surface area contributed by atoms with Crippen LogP contribution in [0.5, 0.6) is 5.75 Å². The third-order valence-electron chi connectivity index (χ3n) is 7.42. The second kappa shape index (κ2) is 10.4. The van der Waals surface area contributed by atoms with Gasteiger partial charge in [-0.15, -0.1) is 0 Å². The molecule has 1 aliphatic carbocycles. The van der Waals surface area contributed by atoms with Gasteiger partial charge in [0.25, 0.3) is 0 Å². The van der Waals surface area contributed by atoms with Crippen LogP contribution in [-0.2, 0) is 17.6 Å². The molecular formula is C30H28F3N3O2S. The maximum absolute atomic E-state index is 14.8. The highest BCUT2D eigenvalue weighted by molar-refractivity contribution is 7.98. The van der Waals surface area contributed by atoms with Crippen molar-refractivity contribution in [3.05, 3.63) is 106 Å².